The van der Waals surface area contributed by atoms with Crippen LogP contribution < -0.4 is 10.1 Å². The maximum Gasteiger partial charge on any atom is 0.251 e. The zero-order valence-electron chi connectivity index (χ0n) is 19.9. The minimum Gasteiger partial charge on any atom is -0.457 e. The van der Waals surface area contributed by atoms with E-state index in [4.69, 9.17) is 9.84 Å². The molecular formula is C25H31FN4O5. The predicted octanol–water partition coefficient (Wildman–Crippen LogP) is 2.41. The SMILES string of the molecule is CC(C)C[C@@H](C(=O)Nc1ccn(C[C@@H](O)CO)n1)N1CC(Oc2cccc(C3CC3)c2F)=CC1=O. The van der Waals surface area contributed by atoms with Crippen molar-refractivity contribution in [3.05, 3.63) is 53.7 Å². The lowest BCUT2D eigenvalue weighted by Crippen LogP contribution is -2.46. The molecule has 10 heteroatoms. The van der Waals surface area contributed by atoms with Crippen molar-refractivity contribution in [2.45, 2.75) is 57.7 Å². The third-order valence-electron chi connectivity index (χ3n) is 6.02. The minimum atomic E-state index is -0.964. The maximum atomic E-state index is 14.9. The van der Waals surface area contributed by atoms with Crippen LogP contribution in [0.5, 0.6) is 5.75 Å². The van der Waals surface area contributed by atoms with E-state index in [1.807, 2.05) is 13.8 Å². The first-order chi connectivity index (χ1) is 16.7. The number of aliphatic hydroxyl groups is 2. The van der Waals surface area contributed by atoms with Crippen LogP contribution in [0, 0.1) is 11.7 Å². The number of carbonyl (C=O) groups excluding carboxylic acids is 2. The van der Waals surface area contributed by atoms with E-state index >= 15 is 0 Å². The van der Waals surface area contributed by atoms with Crippen molar-refractivity contribution in [2.24, 2.45) is 5.92 Å². The average Bonchev–Trinajstić information content (AvgIpc) is 3.46. The molecule has 1 saturated carbocycles. The molecule has 4 rings (SSSR count). The molecule has 35 heavy (non-hydrogen) atoms. The van der Waals surface area contributed by atoms with E-state index in [9.17, 15) is 19.1 Å². The van der Waals surface area contributed by atoms with Crippen LogP contribution in [-0.2, 0) is 16.1 Å². The first-order valence-corrected chi connectivity index (χ1v) is 11.9. The largest absolute Gasteiger partial charge is 0.457 e. The molecule has 2 heterocycles. The van der Waals surface area contributed by atoms with Crippen LogP contribution in [0.2, 0.25) is 0 Å². The number of amides is 2. The third kappa shape index (κ3) is 6.07. The fourth-order valence-electron chi connectivity index (χ4n) is 4.13. The van der Waals surface area contributed by atoms with Crippen LogP contribution in [0.15, 0.2) is 42.3 Å². The van der Waals surface area contributed by atoms with Crippen molar-refractivity contribution in [1.29, 1.82) is 0 Å². The standard InChI is InChI=1S/C25H31FN4O5/c1-15(2)10-20(25(34)27-22-8-9-29(28-22)12-17(32)14-31)30-13-18(11-23(30)33)35-21-5-3-4-19(24(21)26)16-6-7-16/h3-5,8-9,11,15-17,20,31-32H,6-7,10,12-14H2,1-2H3,(H,27,28,34)/t17-,20+/m1/s1. The molecule has 2 aromatic rings. The van der Waals surface area contributed by atoms with Crippen LogP contribution in [0.4, 0.5) is 10.2 Å². The van der Waals surface area contributed by atoms with Crippen molar-refractivity contribution >= 4 is 17.6 Å². The number of hydrogen-bond acceptors (Lipinski definition) is 6. The zero-order valence-corrected chi connectivity index (χ0v) is 19.9. The summed E-state index contributed by atoms with van der Waals surface area (Å²) >= 11 is 0. The summed E-state index contributed by atoms with van der Waals surface area (Å²) in [5, 5.41) is 25.5. The highest BCUT2D eigenvalue weighted by molar-refractivity contribution is 5.99. The second-order valence-electron chi connectivity index (χ2n) is 9.51. The van der Waals surface area contributed by atoms with Crippen molar-refractivity contribution in [3.63, 3.8) is 0 Å². The molecule has 1 aromatic heterocycles. The van der Waals surface area contributed by atoms with Crippen LogP contribution >= 0.6 is 0 Å². The van der Waals surface area contributed by atoms with Crippen molar-refractivity contribution in [2.75, 3.05) is 18.5 Å². The summed E-state index contributed by atoms with van der Waals surface area (Å²) in [6, 6.07) is 5.83. The molecule has 0 bridgehead atoms. The van der Waals surface area contributed by atoms with Crippen molar-refractivity contribution < 1.29 is 28.9 Å². The summed E-state index contributed by atoms with van der Waals surface area (Å²) in [4.78, 5) is 27.4. The Morgan fingerprint density at radius 1 is 1.31 bits per heavy atom. The number of nitrogens with zero attached hydrogens (tertiary/aromatic N) is 3. The monoisotopic (exact) mass is 486 g/mol. The van der Waals surface area contributed by atoms with Gasteiger partial charge in [0.25, 0.3) is 5.91 Å². The van der Waals surface area contributed by atoms with Gasteiger partial charge in [0.15, 0.2) is 17.4 Å². The Morgan fingerprint density at radius 3 is 2.77 bits per heavy atom. The van der Waals surface area contributed by atoms with Gasteiger partial charge in [-0.15, -0.1) is 0 Å². The van der Waals surface area contributed by atoms with Gasteiger partial charge in [-0.3, -0.25) is 14.3 Å². The van der Waals surface area contributed by atoms with Gasteiger partial charge in [-0.25, -0.2) is 4.39 Å². The minimum absolute atomic E-state index is 0.0495. The summed E-state index contributed by atoms with van der Waals surface area (Å²) < 4.78 is 22.0. The number of aromatic nitrogens is 2. The summed E-state index contributed by atoms with van der Waals surface area (Å²) in [6.07, 6.45) is 4.24. The second kappa shape index (κ2) is 10.6. The lowest BCUT2D eigenvalue weighted by atomic mass is 10.0. The molecule has 1 aliphatic heterocycles. The zero-order chi connectivity index (χ0) is 25.1. The van der Waals surface area contributed by atoms with Gasteiger partial charge in [-0.1, -0.05) is 26.0 Å². The molecule has 0 spiro atoms. The number of benzene rings is 1. The average molecular weight is 487 g/mol. The highest BCUT2D eigenvalue weighted by atomic mass is 19.1. The molecule has 1 aromatic carbocycles. The number of rotatable bonds is 11. The van der Waals surface area contributed by atoms with Crippen molar-refractivity contribution in [3.8, 4) is 5.75 Å². The van der Waals surface area contributed by atoms with Gasteiger partial charge in [0, 0.05) is 18.3 Å². The number of hydrogen-bond donors (Lipinski definition) is 3. The molecule has 9 nitrogen and oxygen atoms in total. The maximum absolute atomic E-state index is 14.9. The summed E-state index contributed by atoms with van der Waals surface area (Å²) in [5.41, 5.74) is 0.632. The van der Waals surface area contributed by atoms with E-state index in [1.165, 1.54) is 21.7 Å². The quantitative estimate of drug-likeness (QED) is 0.449. The number of nitrogens with one attached hydrogen (secondary N) is 1. The van der Waals surface area contributed by atoms with E-state index in [-0.39, 0.29) is 48.2 Å². The van der Waals surface area contributed by atoms with Crippen molar-refractivity contribution in [1.82, 2.24) is 14.7 Å². The van der Waals surface area contributed by atoms with E-state index in [0.717, 1.165) is 12.8 Å². The molecule has 0 radical (unpaired) electrons. The lowest BCUT2D eigenvalue weighted by Gasteiger charge is -2.28. The van der Waals surface area contributed by atoms with Gasteiger partial charge < -0.3 is 25.2 Å². The fraction of sp³-hybridized carbons (Fsp3) is 0.480. The second-order valence-corrected chi connectivity index (χ2v) is 9.51. The number of ether oxygens (including phenoxy) is 1. The normalized spacial score (nSPS) is 17.5. The molecule has 2 atom stereocenters. The highest BCUT2D eigenvalue weighted by Crippen LogP contribution is 2.43. The smallest absolute Gasteiger partial charge is 0.251 e. The first kappa shape index (κ1) is 24.9. The fourth-order valence-corrected chi connectivity index (χ4v) is 4.13. The van der Waals surface area contributed by atoms with Gasteiger partial charge >= 0.3 is 0 Å². The van der Waals surface area contributed by atoms with Gasteiger partial charge in [0.05, 0.1) is 25.8 Å². The molecular weight excluding hydrogens is 455 g/mol. The molecule has 2 amide bonds. The molecule has 3 N–H and O–H groups in total. The number of anilines is 1. The Kier molecular flexibility index (Phi) is 7.51. The van der Waals surface area contributed by atoms with Crippen LogP contribution in [0.3, 0.4) is 0 Å². The molecule has 0 saturated heterocycles. The number of carbonyl (C=O) groups is 2. The van der Waals surface area contributed by atoms with Gasteiger partial charge in [-0.2, -0.15) is 5.10 Å². The highest BCUT2D eigenvalue weighted by Gasteiger charge is 2.35. The Bertz CT molecular complexity index is 1110. The summed E-state index contributed by atoms with van der Waals surface area (Å²) in [6.45, 7) is 3.63. The van der Waals surface area contributed by atoms with Crippen LogP contribution in [-0.4, -0.2) is 62.0 Å². The predicted molar refractivity (Wildman–Crippen MR) is 126 cm³/mol. The van der Waals surface area contributed by atoms with E-state index in [1.54, 1.807) is 24.4 Å². The summed E-state index contributed by atoms with van der Waals surface area (Å²) in [7, 11) is 0. The number of halogens is 1. The van der Waals surface area contributed by atoms with Crippen LogP contribution in [0.25, 0.3) is 0 Å². The molecule has 2 aliphatic rings. The van der Waals surface area contributed by atoms with Gasteiger partial charge in [0.2, 0.25) is 5.91 Å². The lowest BCUT2D eigenvalue weighted by molar-refractivity contribution is -0.133. The Balaban J connectivity index is 1.44. The Morgan fingerprint density at radius 2 is 2.09 bits per heavy atom. The Hall–Kier alpha value is -3.24. The van der Waals surface area contributed by atoms with E-state index in [2.05, 4.69) is 10.4 Å². The molecule has 1 fully saturated rings. The number of aliphatic hydroxyl groups excluding tert-OH is 2. The molecule has 188 valence electrons. The third-order valence-corrected chi connectivity index (χ3v) is 6.02. The van der Waals surface area contributed by atoms with Gasteiger partial charge in [0.1, 0.15) is 11.8 Å². The first-order valence-electron chi connectivity index (χ1n) is 11.9. The topological polar surface area (TPSA) is 117 Å². The molecule has 0 unspecified atom stereocenters. The molecule has 1 aliphatic carbocycles. The summed E-state index contributed by atoms with van der Waals surface area (Å²) in [5.74, 6) is -0.213. The van der Waals surface area contributed by atoms with E-state index < -0.39 is 30.5 Å². The van der Waals surface area contributed by atoms with Crippen LogP contribution in [0.1, 0.15) is 44.6 Å². The van der Waals surface area contributed by atoms with Gasteiger partial charge in [-0.05, 0) is 42.7 Å². The van der Waals surface area contributed by atoms with E-state index in [0.29, 0.717) is 12.0 Å². The Labute approximate surface area is 203 Å².